The predicted molar refractivity (Wildman–Crippen MR) is 74.7 cm³/mol. The standard InChI is InChI=1S/C14H15N3O/c1-4-6-10-11(7-5-2)15-8-12-14(10)17(3)13(18)9-16-12/h4-8,16H,1-2,9H2,3H3/b10-6+,11-7+. The van der Waals surface area contributed by atoms with Crippen molar-refractivity contribution >= 4 is 29.4 Å². The summed E-state index contributed by atoms with van der Waals surface area (Å²) in [6.45, 7) is 7.67. The van der Waals surface area contributed by atoms with E-state index in [1.807, 2.05) is 12.2 Å². The molecule has 1 aromatic rings. The van der Waals surface area contributed by atoms with Crippen LogP contribution in [0, 0.1) is 0 Å². The van der Waals surface area contributed by atoms with Gasteiger partial charge in [-0.25, -0.2) is 0 Å². The van der Waals surface area contributed by atoms with Gasteiger partial charge in [0, 0.05) is 12.3 Å². The first-order chi connectivity index (χ1) is 8.69. The van der Waals surface area contributed by atoms with E-state index < -0.39 is 0 Å². The van der Waals surface area contributed by atoms with E-state index in [1.54, 1.807) is 30.3 Å². The van der Waals surface area contributed by atoms with Gasteiger partial charge in [-0.05, 0) is 6.08 Å². The van der Waals surface area contributed by atoms with Gasteiger partial charge in [-0.1, -0.05) is 31.4 Å². The molecule has 0 spiro atoms. The van der Waals surface area contributed by atoms with Gasteiger partial charge in [-0.2, -0.15) is 0 Å². The van der Waals surface area contributed by atoms with E-state index in [4.69, 9.17) is 0 Å². The van der Waals surface area contributed by atoms with Crippen molar-refractivity contribution in [2.24, 2.45) is 0 Å². The van der Waals surface area contributed by atoms with Gasteiger partial charge >= 0.3 is 0 Å². The van der Waals surface area contributed by atoms with E-state index in [1.165, 1.54) is 0 Å². The van der Waals surface area contributed by atoms with Gasteiger partial charge < -0.3 is 10.2 Å². The van der Waals surface area contributed by atoms with Crippen LogP contribution in [0.2, 0.25) is 0 Å². The molecule has 2 heterocycles. The average Bonchev–Trinajstić information content (AvgIpc) is 2.37. The first-order valence-electron chi connectivity index (χ1n) is 5.64. The number of rotatable bonds is 2. The van der Waals surface area contributed by atoms with E-state index in [9.17, 15) is 4.79 Å². The van der Waals surface area contributed by atoms with Crippen LogP contribution in [0.15, 0.2) is 31.5 Å². The number of hydrogen-bond donors (Lipinski definition) is 1. The van der Waals surface area contributed by atoms with E-state index in [-0.39, 0.29) is 5.91 Å². The van der Waals surface area contributed by atoms with Crippen LogP contribution in [0.1, 0.15) is 0 Å². The van der Waals surface area contributed by atoms with E-state index in [0.29, 0.717) is 6.54 Å². The average molecular weight is 241 g/mol. The Morgan fingerprint density at radius 3 is 2.78 bits per heavy atom. The Balaban J connectivity index is 2.85. The van der Waals surface area contributed by atoms with Gasteiger partial charge in [-0.15, -0.1) is 0 Å². The molecule has 1 amide bonds. The predicted octanol–water partition coefficient (Wildman–Crippen LogP) is 0.403. The number of likely N-dealkylation sites (N-methyl/N-ethyl adjacent to an activating group) is 1. The van der Waals surface area contributed by atoms with Crippen LogP contribution in [0.3, 0.4) is 0 Å². The second kappa shape index (κ2) is 4.87. The minimum absolute atomic E-state index is 0.0250. The fraction of sp³-hybridized carbons (Fsp3) is 0.143. The third kappa shape index (κ3) is 1.93. The number of carbonyl (C=O) groups is 1. The number of hydrogen-bond acceptors (Lipinski definition) is 3. The number of pyridine rings is 1. The van der Waals surface area contributed by atoms with E-state index in [0.717, 1.165) is 21.9 Å². The van der Waals surface area contributed by atoms with Crippen molar-refractivity contribution < 1.29 is 4.79 Å². The zero-order valence-electron chi connectivity index (χ0n) is 10.3. The highest BCUT2D eigenvalue weighted by Gasteiger charge is 2.21. The Labute approximate surface area is 106 Å². The summed E-state index contributed by atoms with van der Waals surface area (Å²) < 4.78 is 0. The third-order valence-electron chi connectivity index (χ3n) is 2.82. The highest BCUT2D eigenvalue weighted by Crippen LogP contribution is 2.22. The minimum atomic E-state index is 0.0250. The van der Waals surface area contributed by atoms with Gasteiger partial charge in [0.1, 0.15) is 0 Å². The van der Waals surface area contributed by atoms with Crippen molar-refractivity contribution in [3.05, 3.63) is 42.1 Å². The molecule has 1 N–H and O–H groups in total. The highest BCUT2D eigenvalue weighted by molar-refractivity contribution is 6.02. The van der Waals surface area contributed by atoms with E-state index >= 15 is 0 Å². The molecule has 4 nitrogen and oxygen atoms in total. The first kappa shape index (κ1) is 12.1. The molecule has 0 saturated carbocycles. The molecule has 0 unspecified atom stereocenters. The summed E-state index contributed by atoms with van der Waals surface area (Å²) in [6, 6.07) is 0. The van der Waals surface area contributed by atoms with Gasteiger partial charge in [0.25, 0.3) is 0 Å². The molecule has 0 bridgehead atoms. The van der Waals surface area contributed by atoms with Crippen molar-refractivity contribution in [2.45, 2.75) is 0 Å². The monoisotopic (exact) mass is 241 g/mol. The van der Waals surface area contributed by atoms with Crippen molar-refractivity contribution in [1.29, 1.82) is 0 Å². The minimum Gasteiger partial charge on any atom is -0.373 e. The number of anilines is 2. The molecule has 0 aromatic carbocycles. The molecule has 2 rings (SSSR count). The van der Waals surface area contributed by atoms with Crippen LogP contribution in [-0.2, 0) is 4.79 Å². The number of aromatic nitrogens is 1. The van der Waals surface area contributed by atoms with Crippen molar-refractivity contribution in [3.63, 3.8) is 0 Å². The zero-order chi connectivity index (χ0) is 13.1. The number of nitrogens with zero attached hydrogens (tertiary/aromatic N) is 2. The molecule has 18 heavy (non-hydrogen) atoms. The lowest BCUT2D eigenvalue weighted by Gasteiger charge is -2.27. The van der Waals surface area contributed by atoms with Crippen LogP contribution >= 0.6 is 0 Å². The molecule has 0 fully saturated rings. The molecule has 0 aliphatic carbocycles. The normalized spacial score (nSPS) is 16.3. The fourth-order valence-electron chi connectivity index (χ4n) is 1.96. The summed E-state index contributed by atoms with van der Waals surface area (Å²) in [5, 5.41) is 4.70. The Morgan fingerprint density at radius 1 is 1.39 bits per heavy atom. The highest BCUT2D eigenvalue weighted by atomic mass is 16.2. The van der Waals surface area contributed by atoms with Gasteiger partial charge in [0.2, 0.25) is 5.91 Å². The summed E-state index contributed by atoms with van der Waals surface area (Å²) >= 11 is 0. The van der Waals surface area contributed by atoms with Crippen molar-refractivity contribution in [2.75, 3.05) is 23.8 Å². The molecule has 1 aliphatic heterocycles. The first-order valence-corrected chi connectivity index (χ1v) is 5.64. The Hall–Kier alpha value is -2.36. The third-order valence-corrected chi connectivity index (χ3v) is 2.82. The lowest BCUT2D eigenvalue weighted by atomic mass is 10.1. The molecule has 0 atom stereocenters. The number of allylic oxidation sites excluding steroid dienone is 2. The zero-order valence-corrected chi connectivity index (χ0v) is 10.3. The SMILES string of the molecule is C=C/C=c1/c2c(cn/c1=C/C=C)NCC(=O)N2C. The molecule has 0 saturated heterocycles. The van der Waals surface area contributed by atoms with Crippen LogP contribution < -0.4 is 20.8 Å². The lowest BCUT2D eigenvalue weighted by molar-refractivity contribution is -0.116. The van der Waals surface area contributed by atoms with Crippen LogP contribution in [0.5, 0.6) is 0 Å². The Bertz CT molecular complexity index is 631. The summed E-state index contributed by atoms with van der Waals surface area (Å²) in [5.74, 6) is 0.0250. The summed E-state index contributed by atoms with van der Waals surface area (Å²) in [6.07, 6.45) is 8.74. The van der Waals surface area contributed by atoms with Crippen LogP contribution in [0.4, 0.5) is 11.4 Å². The largest absolute Gasteiger partial charge is 0.373 e. The topological polar surface area (TPSA) is 45.2 Å². The Morgan fingerprint density at radius 2 is 2.11 bits per heavy atom. The van der Waals surface area contributed by atoms with Gasteiger partial charge in [-0.3, -0.25) is 9.78 Å². The molecule has 4 heteroatoms. The maximum absolute atomic E-state index is 11.8. The second-order valence-electron chi connectivity index (χ2n) is 3.93. The molecule has 1 aliphatic rings. The lowest BCUT2D eigenvalue weighted by Crippen LogP contribution is -2.44. The number of carbonyl (C=O) groups excluding carboxylic acids is 1. The van der Waals surface area contributed by atoms with E-state index in [2.05, 4.69) is 23.5 Å². The molecule has 0 radical (unpaired) electrons. The number of amides is 1. The summed E-state index contributed by atoms with van der Waals surface area (Å²) in [7, 11) is 1.76. The number of nitrogens with one attached hydrogen (secondary N) is 1. The maximum atomic E-state index is 11.8. The summed E-state index contributed by atoms with van der Waals surface area (Å²) in [4.78, 5) is 17.8. The second-order valence-corrected chi connectivity index (χ2v) is 3.93. The van der Waals surface area contributed by atoms with Crippen LogP contribution in [0.25, 0.3) is 12.2 Å². The van der Waals surface area contributed by atoms with Crippen molar-refractivity contribution in [1.82, 2.24) is 4.98 Å². The van der Waals surface area contributed by atoms with Gasteiger partial charge in [0.15, 0.2) is 0 Å². The quantitative estimate of drug-likeness (QED) is 0.815. The molecular weight excluding hydrogens is 226 g/mol. The van der Waals surface area contributed by atoms with Gasteiger partial charge in [0.05, 0.1) is 29.5 Å². The van der Waals surface area contributed by atoms with Crippen molar-refractivity contribution in [3.8, 4) is 0 Å². The molecule has 1 aromatic heterocycles. The Kier molecular flexibility index (Phi) is 3.28. The summed E-state index contributed by atoms with van der Waals surface area (Å²) in [5.41, 5.74) is 1.68. The number of fused-ring (bicyclic) bond motifs is 1. The fourth-order valence-corrected chi connectivity index (χ4v) is 1.96. The maximum Gasteiger partial charge on any atom is 0.246 e. The van der Waals surface area contributed by atoms with Crippen LogP contribution in [-0.4, -0.2) is 24.5 Å². The molecule has 92 valence electrons. The smallest absolute Gasteiger partial charge is 0.246 e. The molecular formula is C14H15N3O.